The SMILES string of the molecule is CCCCCCCCN(C(=O)C(CC(C)C)NC(=O)OC(C)(C)C)C(C(=O)NCc1ccccc1)c1cccc(C)c1. The Morgan fingerprint density at radius 2 is 1.57 bits per heavy atom. The molecule has 7 heteroatoms. The second kappa shape index (κ2) is 17.6. The van der Waals surface area contributed by atoms with Crippen molar-refractivity contribution in [3.05, 3.63) is 71.3 Å². The fraction of sp³-hybridized carbons (Fsp3) is 0.571. The maximum Gasteiger partial charge on any atom is 0.408 e. The minimum atomic E-state index is -0.841. The lowest BCUT2D eigenvalue weighted by Gasteiger charge is -2.35. The van der Waals surface area contributed by atoms with Crippen LogP contribution in [-0.2, 0) is 20.9 Å². The van der Waals surface area contributed by atoms with Crippen LogP contribution in [-0.4, -0.2) is 41.0 Å². The predicted molar refractivity (Wildman–Crippen MR) is 170 cm³/mol. The molecule has 2 aromatic carbocycles. The Morgan fingerprint density at radius 3 is 2.19 bits per heavy atom. The Morgan fingerprint density at radius 1 is 0.905 bits per heavy atom. The lowest BCUT2D eigenvalue weighted by molar-refractivity contribution is -0.143. The number of carbonyl (C=O) groups is 3. The van der Waals surface area contributed by atoms with E-state index in [4.69, 9.17) is 4.74 Å². The number of amides is 3. The molecule has 0 heterocycles. The van der Waals surface area contributed by atoms with Gasteiger partial charge in [-0.3, -0.25) is 9.59 Å². The molecule has 232 valence electrons. The Labute approximate surface area is 253 Å². The third-order valence-electron chi connectivity index (χ3n) is 6.96. The summed E-state index contributed by atoms with van der Waals surface area (Å²) < 4.78 is 5.51. The van der Waals surface area contributed by atoms with Crippen LogP contribution >= 0.6 is 0 Å². The number of aryl methyl sites for hydroxylation is 1. The van der Waals surface area contributed by atoms with Crippen LogP contribution in [0.2, 0.25) is 0 Å². The highest BCUT2D eigenvalue weighted by Crippen LogP contribution is 2.26. The Bertz CT molecular complexity index is 1110. The van der Waals surface area contributed by atoms with E-state index in [2.05, 4.69) is 17.6 Å². The first-order valence-electron chi connectivity index (χ1n) is 15.6. The molecule has 0 saturated carbocycles. The molecule has 7 nitrogen and oxygen atoms in total. The van der Waals surface area contributed by atoms with E-state index in [9.17, 15) is 14.4 Å². The number of alkyl carbamates (subject to hydrolysis) is 1. The maximum atomic E-state index is 14.4. The minimum Gasteiger partial charge on any atom is -0.444 e. The molecule has 0 spiro atoms. The molecule has 0 saturated heterocycles. The van der Waals surface area contributed by atoms with Gasteiger partial charge in [0.2, 0.25) is 11.8 Å². The van der Waals surface area contributed by atoms with Crippen molar-refractivity contribution in [3.8, 4) is 0 Å². The molecule has 0 bridgehead atoms. The topological polar surface area (TPSA) is 87.7 Å². The highest BCUT2D eigenvalue weighted by Gasteiger charge is 2.36. The number of rotatable bonds is 16. The minimum absolute atomic E-state index is 0.133. The highest BCUT2D eigenvalue weighted by molar-refractivity contribution is 5.92. The van der Waals surface area contributed by atoms with Crippen molar-refractivity contribution in [2.45, 2.75) is 118 Å². The van der Waals surface area contributed by atoms with E-state index in [0.29, 0.717) is 19.5 Å². The summed E-state index contributed by atoms with van der Waals surface area (Å²) in [7, 11) is 0. The number of ether oxygens (including phenoxy) is 1. The van der Waals surface area contributed by atoms with Gasteiger partial charge in [0.1, 0.15) is 17.7 Å². The summed E-state index contributed by atoms with van der Waals surface area (Å²) in [5, 5.41) is 5.91. The number of hydrogen-bond donors (Lipinski definition) is 2. The van der Waals surface area contributed by atoms with Gasteiger partial charge in [-0.25, -0.2) is 4.79 Å². The van der Waals surface area contributed by atoms with Gasteiger partial charge < -0.3 is 20.3 Å². The summed E-state index contributed by atoms with van der Waals surface area (Å²) in [4.78, 5) is 42.9. The number of nitrogens with zero attached hydrogens (tertiary/aromatic N) is 1. The fourth-order valence-electron chi connectivity index (χ4n) is 4.97. The van der Waals surface area contributed by atoms with Gasteiger partial charge in [0, 0.05) is 13.1 Å². The molecule has 0 aliphatic rings. The van der Waals surface area contributed by atoms with Crippen molar-refractivity contribution in [1.29, 1.82) is 0 Å². The summed E-state index contributed by atoms with van der Waals surface area (Å²) in [6.07, 6.45) is 6.10. The fourth-order valence-corrected chi connectivity index (χ4v) is 4.97. The van der Waals surface area contributed by atoms with E-state index in [-0.39, 0.29) is 17.7 Å². The van der Waals surface area contributed by atoms with E-state index >= 15 is 0 Å². The third-order valence-corrected chi connectivity index (χ3v) is 6.96. The highest BCUT2D eigenvalue weighted by atomic mass is 16.6. The molecule has 2 unspecified atom stereocenters. The van der Waals surface area contributed by atoms with Gasteiger partial charge in [0.15, 0.2) is 0 Å². The summed E-state index contributed by atoms with van der Waals surface area (Å²) in [6, 6.07) is 15.8. The molecule has 2 rings (SSSR count). The molecule has 0 radical (unpaired) electrons. The number of hydrogen-bond acceptors (Lipinski definition) is 4. The average Bonchev–Trinajstić information content (AvgIpc) is 2.91. The summed E-state index contributed by atoms with van der Waals surface area (Å²) >= 11 is 0. The molecule has 42 heavy (non-hydrogen) atoms. The first kappa shape index (κ1) is 34.8. The molecule has 3 amide bonds. The standard InChI is InChI=1S/C35H53N3O4/c1-8-9-10-11-12-16-22-38(33(40)30(23-26(2)3)37-34(41)42-35(5,6)7)31(29-21-17-18-27(4)24-29)32(39)36-25-28-19-14-13-15-20-28/h13-15,17-21,24,26,30-31H,8-12,16,22-23,25H2,1-7H3,(H,36,39)(H,37,41). The summed E-state index contributed by atoms with van der Waals surface area (Å²) in [5.41, 5.74) is 2.04. The van der Waals surface area contributed by atoms with Crippen LogP contribution in [0.3, 0.4) is 0 Å². The van der Waals surface area contributed by atoms with Gasteiger partial charge in [-0.1, -0.05) is 113 Å². The summed E-state index contributed by atoms with van der Waals surface area (Å²) in [5.74, 6) is -0.386. The zero-order valence-corrected chi connectivity index (χ0v) is 26.9. The molecule has 0 aromatic heterocycles. The number of unbranched alkanes of at least 4 members (excludes halogenated alkanes) is 5. The Balaban J connectivity index is 2.45. The molecular formula is C35H53N3O4. The smallest absolute Gasteiger partial charge is 0.408 e. The molecular weight excluding hydrogens is 526 g/mol. The lowest BCUT2D eigenvalue weighted by Crippen LogP contribution is -2.53. The zero-order chi connectivity index (χ0) is 31.1. The van der Waals surface area contributed by atoms with Crippen molar-refractivity contribution < 1.29 is 19.1 Å². The monoisotopic (exact) mass is 579 g/mol. The first-order chi connectivity index (χ1) is 19.9. The van der Waals surface area contributed by atoms with Gasteiger partial charge in [-0.2, -0.15) is 0 Å². The normalized spacial score (nSPS) is 12.9. The second-order valence-electron chi connectivity index (χ2n) is 12.6. The van der Waals surface area contributed by atoms with Gasteiger partial charge in [0.25, 0.3) is 0 Å². The van der Waals surface area contributed by atoms with Crippen LogP contribution in [0.5, 0.6) is 0 Å². The van der Waals surface area contributed by atoms with Crippen molar-refractivity contribution in [2.24, 2.45) is 5.92 Å². The quantitative estimate of drug-likeness (QED) is 0.202. The van der Waals surface area contributed by atoms with E-state index in [1.54, 1.807) is 25.7 Å². The first-order valence-corrected chi connectivity index (χ1v) is 15.6. The molecule has 0 aliphatic carbocycles. The lowest BCUT2D eigenvalue weighted by atomic mass is 9.97. The molecule has 2 aromatic rings. The van der Waals surface area contributed by atoms with E-state index in [1.807, 2.05) is 75.4 Å². The average molecular weight is 580 g/mol. The van der Waals surface area contributed by atoms with Crippen LogP contribution in [0.15, 0.2) is 54.6 Å². The largest absolute Gasteiger partial charge is 0.444 e. The number of benzene rings is 2. The van der Waals surface area contributed by atoms with Gasteiger partial charge in [0.05, 0.1) is 0 Å². The summed E-state index contributed by atoms with van der Waals surface area (Å²) in [6.45, 7) is 14.3. The van der Waals surface area contributed by atoms with Crippen LogP contribution < -0.4 is 10.6 Å². The predicted octanol–water partition coefficient (Wildman–Crippen LogP) is 7.48. The number of carbonyl (C=O) groups excluding carboxylic acids is 3. The molecule has 0 aliphatic heterocycles. The third kappa shape index (κ3) is 12.7. The Hall–Kier alpha value is -3.35. The van der Waals surface area contributed by atoms with E-state index in [1.165, 1.54) is 6.42 Å². The molecule has 2 atom stereocenters. The van der Waals surface area contributed by atoms with E-state index < -0.39 is 23.8 Å². The van der Waals surface area contributed by atoms with Crippen molar-refractivity contribution in [3.63, 3.8) is 0 Å². The van der Waals surface area contributed by atoms with Crippen molar-refractivity contribution >= 4 is 17.9 Å². The van der Waals surface area contributed by atoms with Gasteiger partial charge in [-0.15, -0.1) is 0 Å². The molecule has 0 fully saturated rings. The van der Waals surface area contributed by atoms with Crippen molar-refractivity contribution in [2.75, 3.05) is 6.54 Å². The van der Waals surface area contributed by atoms with Gasteiger partial charge in [-0.05, 0) is 57.6 Å². The van der Waals surface area contributed by atoms with Crippen LogP contribution in [0, 0.1) is 12.8 Å². The Kier molecular flexibility index (Phi) is 14.6. The maximum absolute atomic E-state index is 14.4. The van der Waals surface area contributed by atoms with Gasteiger partial charge >= 0.3 is 6.09 Å². The second-order valence-corrected chi connectivity index (χ2v) is 12.6. The van der Waals surface area contributed by atoms with Crippen molar-refractivity contribution in [1.82, 2.24) is 15.5 Å². The van der Waals surface area contributed by atoms with Crippen LogP contribution in [0.25, 0.3) is 0 Å². The van der Waals surface area contributed by atoms with Crippen LogP contribution in [0.1, 0.15) is 109 Å². The van der Waals surface area contributed by atoms with E-state index in [0.717, 1.165) is 48.8 Å². The zero-order valence-electron chi connectivity index (χ0n) is 26.9. The molecule has 2 N–H and O–H groups in total. The number of nitrogens with one attached hydrogen (secondary N) is 2. The van der Waals surface area contributed by atoms with Crippen LogP contribution in [0.4, 0.5) is 4.79 Å².